The van der Waals surface area contributed by atoms with E-state index >= 15 is 0 Å². The van der Waals surface area contributed by atoms with E-state index in [1.54, 1.807) is 0 Å². The van der Waals surface area contributed by atoms with Gasteiger partial charge >= 0.3 is 0 Å². The van der Waals surface area contributed by atoms with Crippen LogP contribution in [0.1, 0.15) is 26.2 Å². The lowest BCUT2D eigenvalue weighted by Crippen LogP contribution is -2.38. The highest BCUT2D eigenvalue weighted by Crippen LogP contribution is 2.24. The zero-order chi connectivity index (χ0) is 11.1. The predicted octanol–water partition coefficient (Wildman–Crippen LogP) is 0.445. The molecule has 4 N–H and O–H groups in total. The molecule has 0 spiro atoms. The molecular formula is C10H21IN4O. The van der Waals surface area contributed by atoms with Crippen LogP contribution in [0.5, 0.6) is 0 Å². The number of halogens is 1. The quantitative estimate of drug-likeness (QED) is 0.386. The Balaban J connectivity index is 0.00000225. The van der Waals surface area contributed by atoms with Crippen LogP contribution in [-0.2, 0) is 4.79 Å². The van der Waals surface area contributed by atoms with Crippen molar-refractivity contribution in [1.82, 2.24) is 10.6 Å². The summed E-state index contributed by atoms with van der Waals surface area (Å²) >= 11 is 0. The third-order valence-electron chi connectivity index (χ3n) is 2.56. The Morgan fingerprint density at radius 3 is 2.62 bits per heavy atom. The second-order valence-electron chi connectivity index (χ2n) is 3.83. The average Bonchev–Trinajstić information content (AvgIpc) is 2.13. The Bertz CT molecular complexity index is 241. The second kappa shape index (κ2) is 8.60. The van der Waals surface area contributed by atoms with Gasteiger partial charge in [-0.25, -0.2) is 4.99 Å². The maximum atomic E-state index is 11.1. The SMILES string of the molecule is CCNC(=O)CN=C(N)NCC1CCC1.I. The fraction of sp³-hybridized carbons (Fsp3) is 0.800. The molecule has 0 bridgehead atoms. The lowest BCUT2D eigenvalue weighted by atomic mass is 9.85. The molecule has 0 aliphatic heterocycles. The molecule has 0 aromatic heterocycles. The zero-order valence-electron chi connectivity index (χ0n) is 9.66. The Morgan fingerprint density at radius 1 is 1.44 bits per heavy atom. The molecule has 0 unspecified atom stereocenters. The van der Waals surface area contributed by atoms with Crippen LogP contribution in [-0.4, -0.2) is 31.5 Å². The van der Waals surface area contributed by atoms with E-state index in [1.807, 2.05) is 6.92 Å². The van der Waals surface area contributed by atoms with Crippen molar-refractivity contribution in [2.75, 3.05) is 19.6 Å². The van der Waals surface area contributed by atoms with Crippen LogP contribution < -0.4 is 16.4 Å². The molecular weight excluding hydrogens is 319 g/mol. The molecule has 0 radical (unpaired) electrons. The number of likely N-dealkylation sites (N-methyl/N-ethyl adjacent to an activating group) is 1. The number of aliphatic imine (C=N–C) groups is 1. The van der Waals surface area contributed by atoms with E-state index in [2.05, 4.69) is 15.6 Å². The fourth-order valence-electron chi connectivity index (χ4n) is 1.41. The van der Waals surface area contributed by atoms with Crippen LogP contribution in [0.3, 0.4) is 0 Å². The minimum atomic E-state index is -0.0918. The van der Waals surface area contributed by atoms with Gasteiger partial charge in [0, 0.05) is 13.1 Å². The Kier molecular flexibility index (Phi) is 8.32. The molecule has 5 nitrogen and oxygen atoms in total. The molecule has 0 saturated heterocycles. The van der Waals surface area contributed by atoms with E-state index in [-0.39, 0.29) is 36.4 Å². The van der Waals surface area contributed by atoms with Crippen molar-refractivity contribution in [1.29, 1.82) is 0 Å². The number of guanidine groups is 1. The van der Waals surface area contributed by atoms with Crippen molar-refractivity contribution in [3.63, 3.8) is 0 Å². The highest BCUT2D eigenvalue weighted by molar-refractivity contribution is 14.0. The molecule has 1 aliphatic rings. The van der Waals surface area contributed by atoms with E-state index in [0.717, 1.165) is 12.5 Å². The molecule has 1 rings (SSSR count). The first-order valence-electron chi connectivity index (χ1n) is 5.53. The molecule has 0 atom stereocenters. The van der Waals surface area contributed by atoms with Gasteiger partial charge in [-0.05, 0) is 25.7 Å². The highest BCUT2D eigenvalue weighted by Gasteiger charge is 2.16. The van der Waals surface area contributed by atoms with Crippen LogP contribution in [0.2, 0.25) is 0 Å². The minimum Gasteiger partial charge on any atom is -0.370 e. The average molecular weight is 340 g/mol. The first kappa shape index (κ1) is 15.5. The van der Waals surface area contributed by atoms with E-state index in [4.69, 9.17) is 5.73 Å². The minimum absolute atomic E-state index is 0. The predicted molar refractivity (Wildman–Crippen MR) is 75.9 cm³/mol. The van der Waals surface area contributed by atoms with Gasteiger partial charge in [-0.3, -0.25) is 4.79 Å². The maximum absolute atomic E-state index is 11.1. The smallest absolute Gasteiger partial charge is 0.241 e. The monoisotopic (exact) mass is 340 g/mol. The fourth-order valence-corrected chi connectivity index (χ4v) is 1.41. The molecule has 6 heteroatoms. The van der Waals surface area contributed by atoms with E-state index in [1.165, 1.54) is 19.3 Å². The number of nitrogens with two attached hydrogens (primary N) is 1. The Hall–Kier alpha value is -0.530. The van der Waals surface area contributed by atoms with Crippen LogP contribution in [0, 0.1) is 5.92 Å². The Labute approximate surface area is 114 Å². The molecule has 0 heterocycles. The lowest BCUT2D eigenvalue weighted by molar-refractivity contribution is -0.119. The number of hydrogen-bond acceptors (Lipinski definition) is 2. The zero-order valence-corrected chi connectivity index (χ0v) is 12.0. The number of hydrogen-bond donors (Lipinski definition) is 3. The van der Waals surface area contributed by atoms with E-state index in [9.17, 15) is 4.79 Å². The first-order valence-corrected chi connectivity index (χ1v) is 5.53. The van der Waals surface area contributed by atoms with Crippen molar-refractivity contribution < 1.29 is 4.79 Å². The molecule has 1 aliphatic carbocycles. The van der Waals surface area contributed by atoms with Gasteiger partial charge in [0.05, 0.1) is 0 Å². The summed E-state index contributed by atoms with van der Waals surface area (Å²) in [6.07, 6.45) is 3.87. The number of rotatable bonds is 5. The van der Waals surface area contributed by atoms with Crippen LogP contribution in [0.15, 0.2) is 4.99 Å². The topological polar surface area (TPSA) is 79.5 Å². The summed E-state index contributed by atoms with van der Waals surface area (Å²) < 4.78 is 0. The van der Waals surface area contributed by atoms with Crippen molar-refractivity contribution >= 4 is 35.8 Å². The third-order valence-corrected chi connectivity index (χ3v) is 2.56. The number of carbonyl (C=O) groups excluding carboxylic acids is 1. The number of carbonyl (C=O) groups is 1. The lowest BCUT2D eigenvalue weighted by Gasteiger charge is -2.25. The molecule has 0 aromatic rings. The standard InChI is InChI=1S/C10H20N4O.HI/c1-2-12-9(15)7-14-10(11)13-6-8-4-3-5-8;/h8H,2-7H2,1H3,(H,12,15)(H3,11,13,14);1H. The number of nitrogens with zero attached hydrogens (tertiary/aromatic N) is 1. The summed E-state index contributed by atoms with van der Waals surface area (Å²) in [6, 6.07) is 0. The maximum Gasteiger partial charge on any atom is 0.241 e. The highest BCUT2D eigenvalue weighted by atomic mass is 127. The largest absolute Gasteiger partial charge is 0.370 e. The molecule has 0 aromatic carbocycles. The van der Waals surface area contributed by atoms with Crippen LogP contribution in [0.4, 0.5) is 0 Å². The van der Waals surface area contributed by atoms with Gasteiger partial charge in [-0.15, -0.1) is 24.0 Å². The van der Waals surface area contributed by atoms with Crippen molar-refractivity contribution in [2.24, 2.45) is 16.6 Å². The van der Waals surface area contributed by atoms with E-state index in [0.29, 0.717) is 12.5 Å². The summed E-state index contributed by atoms with van der Waals surface area (Å²) in [6.45, 7) is 3.49. The normalized spacial score (nSPS) is 15.9. The summed E-state index contributed by atoms with van der Waals surface area (Å²) in [7, 11) is 0. The van der Waals surface area contributed by atoms with Crippen molar-refractivity contribution in [3.8, 4) is 0 Å². The summed E-state index contributed by atoms with van der Waals surface area (Å²) in [5.74, 6) is 1.02. The summed E-state index contributed by atoms with van der Waals surface area (Å²) in [5.41, 5.74) is 5.60. The second-order valence-corrected chi connectivity index (χ2v) is 3.83. The molecule has 1 fully saturated rings. The first-order chi connectivity index (χ1) is 7.22. The number of amides is 1. The van der Waals surface area contributed by atoms with Crippen molar-refractivity contribution in [2.45, 2.75) is 26.2 Å². The summed E-state index contributed by atoms with van der Waals surface area (Å²) in [4.78, 5) is 15.0. The van der Waals surface area contributed by atoms with Crippen LogP contribution in [0.25, 0.3) is 0 Å². The molecule has 1 amide bonds. The van der Waals surface area contributed by atoms with Gasteiger partial charge in [0.1, 0.15) is 6.54 Å². The molecule has 94 valence electrons. The van der Waals surface area contributed by atoms with Crippen LogP contribution >= 0.6 is 24.0 Å². The van der Waals surface area contributed by atoms with Gasteiger partial charge < -0.3 is 16.4 Å². The van der Waals surface area contributed by atoms with Gasteiger partial charge in [-0.1, -0.05) is 6.42 Å². The van der Waals surface area contributed by atoms with Gasteiger partial charge in [0.25, 0.3) is 0 Å². The Morgan fingerprint density at radius 2 is 2.12 bits per heavy atom. The molecule has 1 saturated carbocycles. The molecule has 16 heavy (non-hydrogen) atoms. The van der Waals surface area contributed by atoms with E-state index < -0.39 is 0 Å². The third kappa shape index (κ3) is 6.14. The van der Waals surface area contributed by atoms with Crippen molar-refractivity contribution in [3.05, 3.63) is 0 Å². The number of nitrogens with one attached hydrogen (secondary N) is 2. The van der Waals surface area contributed by atoms with Gasteiger partial charge in [0.2, 0.25) is 5.91 Å². The van der Waals surface area contributed by atoms with Gasteiger partial charge in [-0.2, -0.15) is 0 Å². The van der Waals surface area contributed by atoms with Gasteiger partial charge in [0.15, 0.2) is 5.96 Å². The summed E-state index contributed by atoms with van der Waals surface area (Å²) in [5, 5.41) is 5.69.